The molecule has 0 heterocycles. The maximum atomic E-state index is 14.2. The van der Waals surface area contributed by atoms with E-state index < -0.39 is 29.7 Å². The van der Waals surface area contributed by atoms with Crippen molar-refractivity contribution in [1.82, 2.24) is 15.5 Å². The molecule has 2 saturated carbocycles. The summed E-state index contributed by atoms with van der Waals surface area (Å²) in [7, 11) is 0. The Hall–Kier alpha value is -2.84. The number of hydrogen-bond donors (Lipinski definition) is 3. The van der Waals surface area contributed by atoms with Crippen LogP contribution in [0, 0.1) is 30.4 Å². The molecule has 48 heavy (non-hydrogen) atoms. The number of rotatable bonds is 17. The van der Waals surface area contributed by atoms with E-state index in [0.29, 0.717) is 35.7 Å². The van der Waals surface area contributed by atoms with E-state index in [9.17, 15) is 23.5 Å². The molecule has 1 unspecified atom stereocenters. The van der Waals surface area contributed by atoms with Gasteiger partial charge in [-0.1, -0.05) is 65.2 Å². The van der Waals surface area contributed by atoms with Crippen LogP contribution in [0.15, 0.2) is 36.4 Å². The largest absolute Gasteiger partial charge is 0.390 e. The Morgan fingerprint density at radius 1 is 0.854 bits per heavy atom. The van der Waals surface area contributed by atoms with Gasteiger partial charge in [-0.15, -0.1) is 0 Å². The van der Waals surface area contributed by atoms with E-state index in [-0.39, 0.29) is 24.9 Å². The first kappa shape index (κ1) is 38.0. The van der Waals surface area contributed by atoms with E-state index in [4.69, 9.17) is 0 Å². The monoisotopic (exact) mass is 667 g/mol. The number of carbonyl (C=O) groups excluding carboxylic acids is 2. The Bertz CT molecular complexity index is 1280. The van der Waals surface area contributed by atoms with Gasteiger partial charge in [-0.25, -0.2) is 8.78 Å². The summed E-state index contributed by atoms with van der Waals surface area (Å²) < 4.78 is 28.4. The lowest BCUT2D eigenvalue weighted by Crippen LogP contribution is -2.51. The standard InChI is InChI=1S/C40H59F2N3O3/c1-4-18-45(19-5-2)40(48)33-21-28(3)20-32(25-33)39(47)44-37(24-30-22-34(41)26-35(42)23-30)38(46)27-43-36(31-14-10-7-11-15-31)17-16-29-12-8-6-9-13-29/h20-23,25-26,29,31,36-38,43,46H,4-19,24,27H2,1-3H3,(H,44,47)/t36?,37-,38+/m0/s1. The van der Waals surface area contributed by atoms with Crippen molar-refractivity contribution < 1.29 is 23.5 Å². The average Bonchev–Trinajstić information content (AvgIpc) is 3.07. The first-order valence-corrected chi connectivity index (χ1v) is 18.7. The minimum Gasteiger partial charge on any atom is -0.390 e. The summed E-state index contributed by atoms with van der Waals surface area (Å²) in [6.45, 7) is 7.44. The molecule has 3 N–H and O–H groups in total. The predicted molar refractivity (Wildman–Crippen MR) is 189 cm³/mol. The highest BCUT2D eigenvalue weighted by molar-refractivity contribution is 6.00. The Labute approximate surface area is 287 Å². The fourth-order valence-electron chi connectivity index (χ4n) is 7.94. The summed E-state index contributed by atoms with van der Waals surface area (Å²) in [5.74, 6) is -0.625. The van der Waals surface area contributed by atoms with E-state index in [2.05, 4.69) is 10.6 Å². The molecule has 2 aromatic carbocycles. The van der Waals surface area contributed by atoms with Gasteiger partial charge in [-0.05, 0) is 105 Å². The van der Waals surface area contributed by atoms with E-state index in [1.807, 2.05) is 25.7 Å². The van der Waals surface area contributed by atoms with Gasteiger partial charge >= 0.3 is 0 Å². The molecule has 6 nitrogen and oxygen atoms in total. The molecular formula is C40H59F2N3O3. The van der Waals surface area contributed by atoms with Crippen molar-refractivity contribution in [2.45, 2.75) is 135 Å². The third-order valence-corrected chi connectivity index (χ3v) is 10.4. The Morgan fingerprint density at radius 2 is 1.46 bits per heavy atom. The van der Waals surface area contributed by atoms with E-state index in [0.717, 1.165) is 36.8 Å². The summed E-state index contributed by atoms with van der Waals surface area (Å²) in [4.78, 5) is 29.0. The second kappa shape index (κ2) is 19.4. The normalized spacial score (nSPS) is 17.9. The number of nitrogens with one attached hydrogen (secondary N) is 2. The molecular weight excluding hydrogens is 608 g/mol. The number of aryl methyl sites for hydroxylation is 1. The van der Waals surface area contributed by atoms with Crippen LogP contribution in [0.1, 0.15) is 136 Å². The van der Waals surface area contributed by atoms with Crippen LogP contribution in [-0.2, 0) is 6.42 Å². The van der Waals surface area contributed by atoms with Crippen LogP contribution in [0.5, 0.6) is 0 Å². The third-order valence-electron chi connectivity index (χ3n) is 10.4. The van der Waals surface area contributed by atoms with Gasteiger partial charge in [0.05, 0.1) is 12.1 Å². The number of benzene rings is 2. The van der Waals surface area contributed by atoms with Gasteiger partial charge in [0, 0.05) is 42.9 Å². The highest BCUT2D eigenvalue weighted by Gasteiger charge is 2.29. The topological polar surface area (TPSA) is 81.7 Å². The quantitative estimate of drug-likeness (QED) is 0.159. The van der Waals surface area contributed by atoms with Crippen molar-refractivity contribution in [3.05, 3.63) is 70.3 Å². The number of nitrogens with zero attached hydrogens (tertiary/aromatic N) is 1. The van der Waals surface area contributed by atoms with Crippen LogP contribution >= 0.6 is 0 Å². The van der Waals surface area contributed by atoms with Crippen molar-refractivity contribution in [2.75, 3.05) is 19.6 Å². The number of hydrogen-bond acceptors (Lipinski definition) is 4. The van der Waals surface area contributed by atoms with E-state index >= 15 is 0 Å². The van der Waals surface area contributed by atoms with Gasteiger partial charge < -0.3 is 20.6 Å². The van der Waals surface area contributed by atoms with Crippen molar-refractivity contribution in [1.29, 1.82) is 0 Å². The predicted octanol–water partition coefficient (Wildman–Crippen LogP) is 8.14. The molecule has 2 aliphatic rings. The zero-order valence-electron chi connectivity index (χ0n) is 29.5. The van der Waals surface area contributed by atoms with Crippen LogP contribution in [0.2, 0.25) is 0 Å². The molecule has 0 saturated heterocycles. The average molecular weight is 668 g/mol. The van der Waals surface area contributed by atoms with Crippen molar-refractivity contribution in [3.63, 3.8) is 0 Å². The summed E-state index contributed by atoms with van der Waals surface area (Å²) in [5.41, 5.74) is 1.89. The highest BCUT2D eigenvalue weighted by atomic mass is 19.1. The summed E-state index contributed by atoms with van der Waals surface area (Å²) in [5, 5.41) is 18.3. The van der Waals surface area contributed by atoms with Crippen molar-refractivity contribution in [3.8, 4) is 0 Å². The Morgan fingerprint density at radius 3 is 2.08 bits per heavy atom. The molecule has 4 rings (SSSR count). The van der Waals surface area contributed by atoms with Gasteiger partial charge in [0.15, 0.2) is 0 Å². The molecule has 2 amide bonds. The van der Waals surface area contributed by atoms with Crippen molar-refractivity contribution in [2.24, 2.45) is 11.8 Å². The first-order chi connectivity index (χ1) is 23.2. The number of carbonyl (C=O) groups is 2. The Balaban J connectivity index is 1.51. The number of aliphatic hydroxyl groups excluding tert-OH is 1. The molecule has 8 heteroatoms. The minimum atomic E-state index is -1.00. The molecule has 0 aromatic heterocycles. The van der Waals surface area contributed by atoms with Gasteiger partial charge in [0.2, 0.25) is 0 Å². The van der Waals surface area contributed by atoms with Crippen molar-refractivity contribution >= 4 is 11.8 Å². The fourth-order valence-corrected chi connectivity index (χ4v) is 7.94. The fraction of sp³-hybridized carbons (Fsp3) is 0.650. The summed E-state index contributed by atoms with van der Waals surface area (Å²) in [6.07, 6.45) is 15.7. The SMILES string of the molecule is CCCN(CCC)C(=O)c1cc(C)cc(C(=O)N[C@@H](Cc2cc(F)cc(F)c2)[C@H](O)CNC(CCC2CCCCC2)C2CCCCC2)c1. The van der Waals surface area contributed by atoms with Crippen LogP contribution in [0.3, 0.4) is 0 Å². The summed E-state index contributed by atoms with van der Waals surface area (Å²) in [6, 6.07) is 7.91. The summed E-state index contributed by atoms with van der Waals surface area (Å²) >= 11 is 0. The van der Waals surface area contributed by atoms with Crippen LogP contribution in [-0.4, -0.2) is 59.6 Å². The minimum absolute atomic E-state index is 0.0534. The molecule has 2 fully saturated rings. The maximum absolute atomic E-state index is 14.2. The molecule has 0 spiro atoms. The lowest BCUT2D eigenvalue weighted by atomic mass is 9.79. The van der Waals surface area contributed by atoms with Gasteiger partial charge in [0.25, 0.3) is 11.8 Å². The molecule has 266 valence electrons. The maximum Gasteiger partial charge on any atom is 0.253 e. The van der Waals surface area contributed by atoms with Gasteiger partial charge in [0.1, 0.15) is 11.6 Å². The lowest BCUT2D eigenvalue weighted by molar-refractivity contribution is 0.0755. The Kier molecular flexibility index (Phi) is 15.3. The second-order valence-corrected chi connectivity index (χ2v) is 14.5. The molecule has 0 radical (unpaired) electrons. The van der Waals surface area contributed by atoms with Gasteiger partial charge in [-0.2, -0.15) is 0 Å². The zero-order valence-corrected chi connectivity index (χ0v) is 29.5. The van der Waals surface area contributed by atoms with E-state index in [1.54, 1.807) is 18.2 Å². The molecule has 0 aliphatic heterocycles. The number of halogens is 2. The van der Waals surface area contributed by atoms with Gasteiger partial charge in [-0.3, -0.25) is 9.59 Å². The van der Waals surface area contributed by atoms with Crippen LogP contribution < -0.4 is 10.6 Å². The van der Waals surface area contributed by atoms with Crippen LogP contribution in [0.4, 0.5) is 8.78 Å². The van der Waals surface area contributed by atoms with E-state index in [1.165, 1.54) is 82.8 Å². The lowest BCUT2D eigenvalue weighted by Gasteiger charge is -2.34. The smallest absolute Gasteiger partial charge is 0.253 e. The second-order valence-electron chi connectivity index (χ2n) is 14.5. The first-order valence-electron chi connectivity index (χ1n) is 18.7. The molecule has 0 bridgehead atoms. The zero-order chi connectivity index (χ0) is 34.5. The molecule has 3 atom stereocenters. The van der Waals surface area contributed by atoms with Crippen LogP contribution in [0.25, 0.3) is 0 Å². The number of amides is 2. The number of aliphatic hydroxyl groups is 1. The molecule has 2 aliphatic carbocycles. The molecule has 2 aromatic rings. The third kappa shape index (κ3) is 11.6. The highest BCUT2D eigenvalue weighted by Crippen LogP contribution is 2.32.